The van der Waals surface area contributed by atoms with Crippen molar-refractivity contribution in [2.45, 2.75) is 0 Å². The number of hydrogen-bond donors (Lipinski definition) is 1. The number of halogens is 1. The molecule has 1 aromatic rings. The maximum absolute atomic E-state index is 4.14. The summed E-state index contributed by atoms with van der Waals surface area (Å²) < 4.78 is 1.05. The van der Waals surface area contributed by atoms with Crippen LogP contribution in [0.1, 0.15) is 0 Å². The summed E-state index contributed by atoms with van der Waals surface area (Å²) >= 11 is 4.07. The first kappa shape index (κ1) is 11.8. The maximum Gasteiger partial charge on any atom is 0.142 e. The van der Waals surface area contributed by atoms with Gasteiger partial charge in [-0.2, -0.15) is 11.8 Å². The SMILES string of the molecule is C=CCSCCNc1ncncc1I. The molecule has 0 aliphatic rings. The maximum atomic E-state index is 4.14. The van der Waals surface area contributed by atoms with Gasteiger partial charge in [0, 0.05) is 24.2 Å². The van der Waals surface area contributed by atoms with E-state index in [-0.39, 0.29) is 0 Å². The molecule has 0 spiro atoms. The van der Waals surface area contributed by atoms with Crippen LogP contribution in [0.2, 0.25) is 0 Å². The Morgan fingerprint density at radius 1 is 1.64 bits per heavy atom. The number of aromatic nitrogens is 2. The monoisotopic (exact) mass is 321 g/mol. The van der Waals surface area contributed by atoms with E-state index < -0.39 is 0 Å². The van der Waals surface area contributed by atoms with E-state index in [1.807, 2.05) is 17.8 Å². The van der Waals surface area contributed by atoms with Crippen LogP contribution in [-0.4, -0.2) is 28.0 Å². The minimum absolute atomic E-state index is 0.916. The van der Waals surface area contributed by atoms with Crippen LogP contribution in [-0.2, 0) is 0 Å². The molecule has 1 rings (SSSR count). The molecule has 0 bridgehead atoms. The van der Waals surface area contributed by atoms with Crippen LogP contribution >= 0.6 is 34.4 Å². The summed E-state index contributed by atoms with van der Waals surface area (Å²) in [6.45, 7) is 4.59. The van der Waals surface area contributed by atoms with Gasteiger partial charge in [0.25, 0.3) is 0 Å². The highest BCUT2D eigenvalue weighted by atomic mass is 127. The smallest absolute Gasteiger partial charge is 0.142 e. The Morgan fingerprint density at radius 2 is 2.50 bits per heavy atom. The van der Waals surface area contributed by atoms with Gasteiger partial charge >= 0.3 is 0 Å². The Morgan fingerprint density at radius 3 is 3.21 bits per heavy atom. The van der Waals surface area contributed by atoms with E-state index in [2.05, 4.69) is 44.5 Å². The van der Waals surface area contributed by atoms with Gasteiger partial charge in [-0.15, -0.1) is 6.58 Å². The van der Waals surface area contributed by atoms with Crippen molar-refractivity contribution in [2.75, 3.05) is 23.4 Å². The highest BCUT2D eigenvalue weighted by molar-refractivity contribution is 14.1. The van der Waals surface area contributed by atoms with Gasteiger partial charge in [-0.1, -0.05) is 6.08 Å². The largest absolute Gasteiger partial charge is 0.368 e. The number of nitrogens with zero attached hydrogens (tertiary/aromatic N) is 2. The van der Waals surface area contributed by atoms with Gasteiger partial charge < -0.3 is 5.32 Å². The zero-order valence-corrected chi connectivity index (χ0v) is 10.7. The molecule has 5 heteroatoms. The number of nitrogens with one attached hydrogen (secondary N) is 1. The predicted molar refractivity (Wildman–Crippen MR) is 70.8 cm³/mol. The molecular weight excluding hydrogens is 309 g/mol. The van der Waals surface area contributed by atoms with Gasteiger partial charge in [-0.05, 0) is 22.6 Å². The minimum atomic E-state index is 0.916. The predicted octanol–water partition coefficient (Wildman–Crippen LogP) is 2.41. The Balaban J connectivity index is 2.24. The zero-order chi connectivity index (χ0) is 10.2. The Bertz CT molecular complexity index is 293. The third-order valence-corrected chi connectivity index (χ3v) is 3.20. The van der Waals surface area contributed by atoms with E-state index in [1.165, 1.54) is 0 Å². The fraction of sp³-hybridized carbons (Fsp3) is 0.333. The van der Waals surface area contributed by atoms with Crippen molar-refractivity contribution in [3.05, 3.63) is 28.7 Å². The molecule has 3 nitrogen and oxygen atoms in total. The Kier molecular flexibility index (Phi) is 5.93. The van der Waals surface area contributed by atoms with Gasteiger partial charge in [-0.25, -0.2) is 9.97 Å². The molecule has 0 atom stereocenters. The number of hydrogen-bond acceptors (Lipinski definition) is 4. The Labute approximate surface area is 102 Å². The minimum Gasteiger partial charge on any atom is -0.368 e. The summed E-state index contributed by atoms with van der Waals surface area (Å²) in [4.78, 5) is 8.06. The van der Waals surface area contributed by atoms with Gasteiger partial charge in [-0.3, -0.25) is 0 Å². The molecule has 1 N–H and O–H groups in total. The molecule has 0 aliphatic heterocycles. The fourth-order valence-corrected chi connectivity index (χ4v) is 1.92. The second kappa shape index (κ2) is 7.05. The standard InChI is InChI=1S/C9H12IN3S/c1-2-4-14-5-3-12-9-8(10)6-11-7-13-9/h2,6-7H,1,3-5H2,(H,11,12,13). The number of rotatable bonds is 6. The molecule has 0 unspecified atom stereocenters. The van der Waals surface area contributed by atoms with Crippen LogP contribution < -0.4 is 5.32 Å². The van der Waals surface area contributed by atoms with Crippen LogP contribution in [0.3, 0.4) is 0 Å². The Hall–Kier alpha value is -0.300. The van der Waals surface area contributed by atoms with Crippen molar-refractivity contribution in [3.8, 4) is 0 Å². The van der Waals surface area contributed by atoms with E-state index in [0.29, 0.717) is 0 Å². The lowest BCUT2D eigenvalue weighted by atomic mass is 10.5. The molecule has 0 saturated heterocycles. The van der Waals surface area contributed by atoms with Gasteiger partial charge in [0.05, 0.1) is 3.57 Å². The van der Waals surface area contributed by atoms with E-state index in [1.54, 1.807) is 12.5 Å². The van der Waals surface area contributed by atoms with Crippen molar-refractivity contribution >= 4 is 40.2 Å². The average molecular weight is 321 g/mol. The van der Waals surface area contributed by atoms with Gasteiger partial charge in [0.2, 0.25) is 0 Å². The summed E-state index contributed by atoms with van der Waals surface area (Å²) in [5, 5.41) is 3.26. The summed E-state index contributed by atoms with van der Waals surface area (Å²) in [6, 6.07) is 0. The molecule has 0 amide bonds. The lowest BCUT2D eigenvalue weighted by Crippen LogP contribution is -2.07. The molecule has 0 fully saturated rings. The lowest BCUT2D eigenvalue weighted by molar-refractivity contribution is 1.10. The van der Waals surface area contributed by atoms with Crippen molar-refractivity contribution in [1.29, 1.82) is 0 Å². The fourth-order valence-electron chi connectivity index (χ4n) is 0.851. The van der Waals surface area contributed by atoms with Crippen LogP contribution in [0.5, 0.6) is 0 Å². The van der Waals surface area contributed by atoms with E-state index in [4.69, 9.17) is 0 Å². The van der Waals surface area contributed by atoms with Crippen molar-refractivity contribution < 1.29 is 0 Å². The number of thioether (sulfide) groups is 1. The molecule has 1 heterocycles. The molecule has 14 heavy (non-hydrogen) atoms. The van der Waals surface area contributed by atoms with Crippen molar-refractivity contribution in [2.24, 2.45) is 0 Å². The first-order valence-corrected chi connectivity index (χ1v) is 6.46. The van der Waals surface area contributed by atoms with E-state index >= 15 is 0 Å². The molecular formula is C9H12IN3S. The summed E-state index contributed by atoms with van der Waals surface area (Å²) in [6.07, 6.45) is 5.27. The first-order valence-electron chi connectivity index (χ1n) is 4.22. The molecule has 0 aromatic carbocycles. The second-order valence-corrected chi connectivity index (χ2v) is 4.82. The average Bonchev–Trinajstić information content (AvgIpc) is 2.20. The topological polar surface area (TPSA) is 37.8 Å². The molecule has 1 aromatic heterocycles. The normalized spacial score (nSPS) is 9.79. The molecule has 0 aliphatic carbocycles. The van der Waals surface area contributed by atoms with Gasteiger partial charge in [0.1, 0.15) is 12.1 Å². The second-order valence-electron chi connectivity index (χ2n) is 2.51. The van der Waals surface area contributed by atoms with E-state index in [9.17, 15) is 0 Å². The van der Waals surface area contributed by atoms with Crippen LogP contribution in [0.25, 0.3) is 0 Å². The van der Waals surface area contributed by atoms with Crippen LogP contribution in [0.15, 0.2) is 25.2 Å². The van der Waals surface area contributed by atoms with Gasteiger partial charge in [0.15, 0.2) is 0 Å². The molecule has 0 saturated carbocycles. The van der Waals surface area contributed by atoms with E-state index in [0.717, 1.165) is 27.4 Å². The highest BCUT2D eigenvalue weighted by Crippen LogP contribution is 2.12. The zero-order valence-electron chi connectivity index (χ0n) is 7.74. The quantitative estimate of drug-likeness (QED) is 0.496. The summed E-state index contributed by atoms with van der Waals surface area (Å²) in [7, 11) is 0. The third-order valence-electron chi connectivity index (χ3n) is 1.44. The lowest BCUT2D eigenvalue weighted by Gasteiger charge is -2.05. The van der Waals surface area contributed by atoms with Crippen LogP contribution in [0, 0.1) is 3.57 Å². The molecule has 0 radical (unpaired) electrons. The summed E-state index contributed by atoms with van der Waals surface area (Å²) in [5.41, 5.74) is 0. The molecule has 76 valence electrons. The highest BCUT2D eigenvalue weighted by Gasteiger charge is 1.98. The number of anilines is 1. The van der Waals surface area contributed by atoms with Crippen LogP contribution in [0.4, 0.5) is 5.82 Å². The van der Waals surface area contributed by atoms with Crippen molar-refractivity contribution in [1.82, 2.24) is 9.97 Å². The van der Waals surface area contributed by atoms with Crippen molar-refractivity contribution in [3.63, 3.8) is 0 Å². The third kappa shape index (κ3) is 4.28. The summed E-state index contributed by atoms with van der Waals surface area (Å²) in [5.74, 6) is 2.98. The first-order chi connectivity index (χ1) is 6.84.